The summed E-state index contributed by atoms with van der Waals surface area (Å²) >= 11 is 0. The summed E-state index contributed by atoms with van der Waals surface area (Å²) in [5, 5.41) is 7.68. The van der Waals surface area contributed by atoms with E-state index in [1.54, 1.807) is 0 Å². The van der Waals surface area contributed by atoms with E-state index in [0.29, 0.717) is 6.04 Å². The molecule has 0 bridgehead atoms. The van der Waals surface area contributed by atoms with Crippen molar-refractivity contribution in [3.05, 3.63) is 17.5 Å². The first kappa shape index (κ1) is 15.9. The van der Waals surface area contributed by atoms with Crippen LogP contribution >= 0.6 is 0 Å². The quantitative estimate of drug-likeness (QED) is 0.922. The van der Waals surface area contributed by atoms with Gasteiger partial charge in [0.15, 0.2) is 0 Å². The van der Waals surface area contributed by atoms with Gasteiger partial charge in [-0.1, -0.05) is 0 Å². The molecule has 6 heteroatoms. The minimum Gasteiger partial charge on any atom is -0.331 e. The Morgan fingerprint density at radius 2 is 2.04 bits per heavy atom. The van der Waals surface area contributed by atoms with Crippen LogP contribution in [0.15, 0.2) is 6.20 Å². The molecular weight excluding hydrogens is 302 g/mol. The van der Waals surface area contributed by atoms with Crippen molar-refractivity contribution in [3.8, 4) is 0 Å². The minimum atomic E-state index is 0.124. The number of aryl methyl sites for hydroxylation is 1. The highest BCUT2D eigenvalue weighted by atomic mass is 16.2. The molecule has 2 fully saturated rings. The lowest BCUT2D eigenvalue weighted by molar-refractivity contribution is 0.170. The van der Waals surface area contributed by atoms with Crippen LogP contribution in [0.5, 0.6) is 0 Å². The second kappa shape index (κ2) is 6.75. The van der Waals surface area contributed by atoms with Crippen molar-refractivity contribution in [2.24, 2.45) is 7.05 Å². The van der Waals surface area contributed by atoms with E-state index in [0.717, 1.165) is 45.2 Å². The van der Waals surface area contributed by atoms with Gasteiger partial charge in [0.1, 0.15) is 0 Å². The standard InChI is InChI=1S/C18H29N5O/c1-21-17-8-4-7-16(15(17)12-19-21)20-18(24)23-11-5-6-14(23)13-22-9-2-3-10-22/h12,14,16H,2-11,13H2,1H3,(H,20,24)/t14-,16-/m0/s1. The van der Waals surface area contributed by atoms with Crippen molar-refractivity contribution in [1.29, 1.82) is 0 Å². The number of likely N-dealkylation sites (tertiary alicyclic amines) is 2. The van der Waals surface area contributed by atoms with E-state index < -0.39 is 0 Å². The zero-order valence-corrected chi connectivity index (χ0v) is 14.7. The molecule has 0 unspecified atom stereocenters. The largest absolute Gasteiger partial charge is 0.331 e. The van der Waals surface area contributed by atoms with E-state index in [1.807, 2.05) is 17.9 Å². The maximum atomic E-state index is 12.9. The molecule has 6 nitrogen and oxygen atoms in total. The van der Waals surface area contributed by atoms with Gasteiger partial charge in [0.05, 0.1) is 12.2 Å². The van der Waals surface area contributed by atoms with Gasteiger partial charge >= 0.3 is 6.03 Å². The molecular formula is C18H29N5O. The Morgan fingerprint density at radius 1 is 1.21 bits per heavy atom. The van der Waals surface area contributed by atoms with Gasteiger partial charge in [-0.2, -0.15) is 5.10 Å². The van der Waals surface area contributed by atoms with Crippen LogP contribution in [0.25, 0.3) is 0 Å². The predicted molar refractivity (Wildman–Crippen MR) is 92.8 cm³/mol. The van der Waals surface area contributed by atoms with Gasteiger partial charge in [-0.3, -0.25) is 4.68 Å². The number of aromatic nitrogens is 2. The van der Waals surface area contributed by atoms with Crippen molar-refractivity contribution in [3.63, 3.8) is 0 Å². The Labute approximate surface area is 144 Å². The van der Waals surface area contributed by atoms with E-state index in [-0.39, 0.29) is 12.1 Å². The van der Waals surface area contributed by atoms with Gasteiger partial charge in [0.25, 0.3) is 0 Å². The van der Waals surface area contributed by atoms with Crippen LogP contribution < -0.4 is 5.32 Å². The molecule has 2 aliphatic heterocycles. The van der Waals surface area contributed by atoms with Crippen LogP contribution in [-0.2, 0) is 13.5 Å². The van der Waals surface area contributed by atoms with Gasteiger partial charge < -0.3 is 15.1 Å². The summed E-state index contributed by atoms with van der Waals surface area (Å²) in [5.41, 5.74) is 2.49. The van der Waals surface area contributed by atoms with E-state index in [9.17, 15) is 4.79 Å². The lowest BCUT2D eigenvalue weighted by atomic mass is 9.93. The molecule has 0 aromatic carbocycles. The van der Waals surface area contributed by atoms with E-state index in [1.165, 1.54) is 37.2 Å². The number of carbonyl (C=O) groups excluding carboxylic acids is 1. The normalized spacial score (nSPS) is 27.5. The third-order valence-electron chi connectivity index (χ3n) is 5.98. The molecule has 2 amide bonds. The maximum Gasteiger partial charge on any atom is 0.318 e. The monoisotopic (exact) mass is 331 g/mol. The fourth-order valence-corrected chi connectivity index (χ4v) is 4.64. The highest BCUT2D eigenvalue weighted by molar-refractivity contribution is 5.75. The maximum absolute atomic E-state index is 12.9. The molecule has 24 heavy (non-hydrogen) atoms. The first-order valence-corrected chi connectivity index (χ1v) is 9.52. The molecule has 1 N–H and O–H groups in total. The van der Waals surface area contributed by atoms with Gasteiger partial charge in [0, 0.05) is 37.4 Å². The summed E-state index contributed by atoms with van der Waals surface area (Å²) in [6, 6.07) is 0.640. The Hall–Kier alpha value is -1.56. The van der Waals surface area contributed by atoms with Gasteiger partial charge in [-0.25, -0.2) is 4.79 Å². The molecule has 0 radical (unpaired) electrons. The first-order chi connectivity index (χ1) is 11.7. The third-order valence-corrected chi connectivity index (χ3v) is 5.98. The van der Waals surface area contributed by atoms with Crippen molar-refractivity contribution >= 4 is 6.03 Å². The molecule has 1 aliphatic carbocycles. The van der Waals surface area contributed by atoms with Gasteiger partial charge in [-0.15, -0.1) is 0 Å². The number of rotatable bonds is 3. The van der Waals surface area contributed by atoms with Gasteiger partial charge in [0.2, 0.25) is 0 Å². The molecule has 0 spiro atoms. The summed E-state index contributed by atoms with van der Waals surface area (Å²) in [7, 11) is 2.00. The molecule has 3 heterocycles. The van der Waals surface area contributed by atoms with Crippen LogP contribution in [0.2, 0.25) is 0 Å². The summed E-state index contributed by atoms with van der Waals surface area (Å²) < 4.78 is 1.96. The molecule has 132 valence electrons. The van der Waals surface area contributed by atoms with Crippen LogP contribution in [-0.4, -0.2) is 57.8 Å². The molecule has 0 saturated carbocycles. The molecule has 1 aromatic heterocycles. The minimum absolute atomic E-state index is 0.124. The number of amides is 2. The number of urea groups is 1. The van der Waals surface area contributed by atoms with Crippen molar-refractivity contribution in [1.82, 2.24) is 24.9 Å². The fraction of sp³-hybridized carbons (Fsp3) is 0.778. The number of fused-ring (bicyclic) bond motifs is 1. The summed E-state index contributed by atoms with van der Waals surface area (Å²) in [6.45, 7) is 4.36. The number of hydrogen-bond acceptors (Lipinski definition) is 3. The predicted octanol–water partition coefficient (Wildman–Crippen LogP) is 2.07. The van der Waals surface area contributed by atoms with Crippen molar-refractivity contribution < 1.29 is 4.79 Å². The Bertz CT molecular complexity index is 592. The number of carbonyl (C=O) groups is 1. The Kier molecular flexibility index (Phi) is 4.48. The second-order valence-electron chi connectivity index (χ2n) is 7.56. The van der Waals surface area contributed by atoms with E-state index in [2.05, 4.69) is 20.2 Å². The van der Waals surface area contributed by atoms with Crippen LogP contribution in [0.1, 0.15) is 55.8 Å². The average Bonchev–Trinajstić information content (AvgIpc) is 3.31. The zero-order chi connectivity index (χ0) is 16.5. The average molecular weight is 331 g/mol. The summed E-state index contributed by atoms with van der Waals surface area (Å²) in [6.07, 6.45) is 10.0. The second-order valence-corrected chi connectivity index (χ2v) is 7.56. The number of nitrogens with zero attached hydrogens (tertiary/aromatic N) is 4. The molecule has 2 atom stereocenters. The highest BCUT2D eigenvalue weighted by Gasteiger charge is 2.33. The molecule has 3 aliphatic rings. The van der Waals surface area contributed by atoms with Crippen molar-refractivity contribution in [2.75, 3.05) is 26.2 Å². The van der Waals surface area contributed by atoms with E-state index >= 15 is 0 Å². The van der Waals surface area contributed by atoms with Crippen LogP contribution in [0.4, 0.5) is 4.79 Å². The first-order valence-electron chi connectivity index (χ1n) is 9.52. The summed E-state index contributed by atoms with van der Waals surface area (Å²) in [4.78, 5) is 17.5. The molecule has 2 saturated heterocycles. The van der Waals surface area contributed by atoms with Crippen LogP contribution in [0, 0.1) is 0 Å². The Morgan fingerprint density at radius 3 is 2.88 bits per heavy atom. The lowest BCUT2D eigenvalue weighted by Gasteiger charge is -2.31. The SMILES string of the molecule is Cn1ncc2c1CCC[C@@H]2NC(=O)N1CCC[C@H]1CN1CCCC1. The van der Waals surface area contributed by atoms with Crippen molar-refractivity contribution in [2.45, 2.75) is 57.0 Å². The summed E-state index contributed by atoms with van der Waals surface area (Å²) in [5.74, 6) is 0. The topological polar surface area (TPSA) is 53.4 Å². The smallest absolute Gasteiger partial charge is 0.318 e. The zero-order valence-electron chi connectivity index (χ0n) is 14.7. The van der Waals surface area contributed by atoms with Gasteiger partial charge in [-0.05, 0) is 58.0 Å². The number of nitrogens with one attached hydrogen (secondary N) is 1. The van der Waals surface area contributed by atoms with E-state index in [4.69, 9.17) is 0 Å². The highest BCUT2D eigenvalue weighted by Crippen LogP contribution is 2.30. The van der Waals surface area contributed by atoms with Crippen LogP contribution in [0.3, 0.4) is 0 Å². The molecule has 4 rings (SSSR count). The number of hydrogen-bond donors (Lipinski definition) is 1. The molecule has 1 aromatic rings. The third kappa shape index (κ3) is 3.04. The fourth-order valence-electron chi connectivity index (χ4n) is 4.64. The Balaban J connectivity index is 1.40. The lowest BCUT2D eigenvalue weighted by Crippen LogP contribution is -2.48.